The van der Waals surface area contributed by atoms with Crippen molar-refractivity contribution in [3.05, 3.63) is 0 Å². The molecule has 0 aromatic heterocycles. The van der Waals surface area contributed by atoms with Gasteiger partial charge in [0.1, 0.15) is 146 Å². The SMILES string of the molecule is CC(=O)N[C@H]1[C@H](O[C@@H]2[C@@H](O)[C@@H]3O[C@H]4[C@@H](O)[C@@H](CO)O[C@@H](O[C@H]5[C@H](O)[C@@H](CO[C@H]6O[C@H](CO)[C@@H](O)[C@H](O)[C@H]6O)O[C@@H](OC[C@H]6O[C@H](O[C@H]2[C@@H](CO)O3)[C@H](O)[C@@H](O)[C@@H]6O)[C@@H]5NC(C)=O)[C@@H]4NC(C)=O)O[C@H](CO)[C@@H](O)[C@@H]1O. The smallest absolute Gasteiger partial charge is 0.217 e. The number of rotatable bonds is 12. The zero-order chi connectivity index (χ0) is 54.9. The third kappa shape index (κ3) is 12.9. The maximum atomic E-state index is 13.0. The van der Waals surface area contributed by atoms with Crippen LogP contribution in [0, 0.1) is 0 Å². The molecule has 8 aliphatic rings. The molecule has 30 atom stereocenters. The maximum Gasteiger partial charge on any atom is 0.217 e. The molecule has 0 aromatic carbocycles. The van der Waals surface area contributed by atoms with E-state index in [1.165, 1.54) is 0 Å². The van der Waals surface area contributed by atoms with Gasteiger partial charge in [-0.05, 0) is 0 Å². The average Bonchev–Trinajstić information content (AvgIpc) is 3.36. The van der Waals surface area contributed by atoms with Crippen LogP contribution in [-0.4, -0.2) is 318 Å². The van der Waals surface area contributed by atoms with Crippen LogP contribution in [0.15, 0.2) is 0 Å². The highest BCUT2D eigenvalue weighted by Gasteiger charge is 2.59. The molecular weight excluding hydrogens is 1030 g/mol. The fourth-order valence-corrected chi connectivity index (χ4v) is 9.91. The Kier molecular flexibility index (Phi) is 20.5. The van der Waals surface area contributed by atoms with Crippen LogP contribution in [0.25, 0.3) is 0 Å². The Morgan fingerprint density at radius 2 is 0.867 bits per heavy atom. The predicted molar refractivity (Wildman–Crippen MR) is 231 cm³/mol. The van der Waals surface area contributed by atoms with Crippen LogP contribution >= 0.6 is 0 Å². The first-order valence-electron chi connectivity index (χ1n) is 24.0. The van der Waals surface area contributed by atoms with Crippen molar-refractivity contribution < 1.29 is 148 Å². The third-order valence-electron chi connectivity index (χ3n) is 13.8. The predicted octanol–water partition coefficient (Wildman–Crippen LogP) is -12.6. The minimum Gasteiger partial charge on any atom is -0.394 e. The van der Waals surface area contributed by atoms with Crippen molar-refractivity contribution in [3.63, 3.8) is 0 Å². The first-order valence-corrected chi connectivity index (χ1v) is 24.0. The summed E-state index contributed by atoms with van der Waals surface area (Å²) in [7, 11) is 0. The van der Waals surface area contributed by atoms with Gasteiger partial charge in [0.05, 0.1) is 39.6 Å². The van der Waals surface area contributed by atoms with Crippen molar-refractivity contribution in [1.29, 1.82) is 0 Å². The molecule has 0 aromatic rings. The van der Waals surface area contributed by atoms with Gasteiger partial charge in [-0.3, -0.25) is 14.4 Å². The lowest BCUT2D eigenvalue weighted by molar-refractivity contribution is -0.397. The van der Waals surface area contributed by atoms with Crippen LogP contribution in [0.1, 0.15) is 20.8 Å². The van der Waals surface area contributed by atoms with E-state index in [1.807, 2.05) is 0 Å². The van der Waals surface area contributed by atoms with Gasteiger partial charge in [0.15, 0.2) is 37.7 Å². The highest BCUT2D eigenvalue weighted by Crippen LogP contribution is 2.38. The van der Waals surface area contributed by atoms with Crippen LogP contribution in [0.5, 0.6) is 0 Å². The summed E-state index contributed by atoms with van der Waals surface area (Å²) in [4.78, 5) is 38.3. The quantitative estimate of drug-likeness (QED) is 0.0863. The normalized spacial score (nSPS) is 49.7. The highest BCUT2D eigenvalue weighted by atomic mass is 16.8. The Hall–Kier alpha value is -2.67. The number of aliphatic hydroxyl groups excluding tert-OH is 15. The Balaban J connectivity index is 1.31. The Bertz CT molecular complexity index is 1880. The van der Waals surface area contributed by atoms with E-state index in [1.54, 1.807) is 0 Å². The fourth-order valence-electron chi connectivity index (χ4n) is 9.91. The van der Waals surface area contributed by atoms with Gasteiger partial charge in [-0.1, -0.05) is 0 Å². The molecule has 0 aliphatic carbocycles. The molecule has 8 saturated heterocycles. The van der Waals surface area contributed by atoms with Gasteiger partial charge >= 0.3 is 0 Å². The Morgan fingerprint density at radius 3 is 1.45 bits per heavy atom. The van der Waals surface area contributed by atoms with Gasteiger partial charge in [-0.25, -0.2) is 0 Å². The molecule has 18 N–H and O–H groups in total. The number of ether oxygens (including phenoxy) is 12. The number of carbonyl (C=O) groups is 3. The fraction of sp³-hybridized carbons (Fsp3) is 0.929. The molecule has 8 bridgehead atoms. The Morgan fingerprint density at radius 1 is 0.413 bits per heavy atom. The van der Waals surface area contributed by atoms with Gasteiger partial charge in [-0.2, -0.15) is 0 Å². The highest BCUT2D eigenvalue weighted by molar-refractivity contribution is 5.74. The molecule has 0 radical (unpaired) electrons. The molecular formula is C42H69N3O30. The first-order chi connectivity index (χ1) is 35.5. The summed E-state index contributed by atoms with van der Waals surface area (Å²) in [6.45, 7) is -2.42. The van der Waals surface area contributed by atoms with Crippen LogP contribution in [0.4, 0.5) is 0 Å². The van der Waals surface area contributed by atoms with Gasteiger partial charge in [-0.15, -0.1) is 0 Å². The van der Waals surface area contributed by atoms with E-state index >= 15 is 0 Å². The van der Waals surface area contributed by atoms with E-state index in [-0.39, 0.29) is 0 Å². The number of carbonyl (C=O) groups excluding carboxylic acids is 3. The van der Waals surface area contributed by atoms with E-state index in [9.17, 15) is 91.0 Å². The summed E-state index contributed by atoms with van der Waals surface area (Å²) < 4.78 is 71.9. The lowest BCUT2D eigenvalue weighted by Crippen LogP contribution is -2.72. The first kappa shape index (κ1) is 60.0. The molecule has 8 aliphatic heterocycles. The van der Waals surface area contributed by atoms with E-state index in [0.717, 1.165) is 20.8 Å². The van der Waals surface area contributed by atoms with Crippen LogP contribution in [0.3, 0.4) is 0 Å². The van der Waals surface area contributed by atoms with Crippen LogP contribution < -0.4 is 16.0 Å². The van der Waals surface area contributed by atoms with Crippen molar-refractivity contribution in [2.45, 2.75) is 205 Å². The zero-order valence-corrected chi connectivity index (χ0v) is 40.4. The lowest BCUT2D eigenvalue weighted by Gasteiger charge is -2.52. The van der Waals surface area contributed by atoms with Gasteiger partial charge in [0.2, 0.25) is 17.7 Å². The number of fused-ring (bicyclic) bond motifs is 3. The summed E-state index contributed by atoms with van der Waals surface area (Å²) in [5, 5.41) is 172. The summed E-state index contributed by atoms with van der Waals surface area (Å²) in [5.41, 5.74) is 0. The van der Waals surface area contributed by atoms with Gasteiger partial charge in [0, 0.05) is 20.8 Å². The number of nitrogens with one attached hydrogen (secondary N) is 3. The summed E-state index contributed by atoms with van der Waals surface area (Å²) in [6.07, 6.45) is -51.5. The van der Waals surface area contributed by atoms with Crippen LogP contribution in [0.2, 0.25) is 0 Å². The number of hydrogen-bond donors (Lipinski definition) is 18. The molecule has 0 spiro atoms. The van der Waals surface area contributed by atoms with Crippen molar-refractivity contribution in [1.82, 2.24) is 16.0 Å². The summed E-state index contributed by atoms with van der Waals surface area (Å²) in [6, 6.07) is -5.12. The zero-order valence-electron chi connectivity index (χ0n) is 40.4. The molecule has 8 rings (SSSR count). The minimum atomic E-state index is -2.27. The van der Waals surface area contributed by atoms with Crippen molar-refractivity contribution in [2.75, 3.05) is 39.6 Å². The molecule has 0 saturated carbocycles. The van der Waals surface area contributed by atoms with Gasteiger partial charge < -0.3 is 149 Å². The van der Waals surface area contributed by atoms with E-state index in [4.69, 9.17) is 56.8 Å². The standard InChI is InChI=1S/C42H69N3O30/c1-10(50)43-19-27(58)22(53)13(4-46)66-38(19)75-36-32(63)42-69-16(7-49)33(36)72-41-31(62)29(60)24(55)17(71-41)8-64-37-20(44-11(2)51)34(73-39-21(45-12(3)52)35(74-42)25(56)15(6-48)67-39)26(57)18(70-37)9-65-40-30(61)28(59)23(54)14(5-47)68-40/h13-42,46-49,53-63H,4-9H2,1-3H3,(H,43,50)(H,44,51)(H,45,52)/t13-,14-,15-,16-,17-,18-,19-,20-,21-,22-,23-,24-,25+,26-,27-,28+,29+,30-,31-,32-,33+,34-,35-,36-,37-,38+,39+,40+,41-,42+/m1/s1. The molecule has 33 nitrogen and oxygen atoms in total. The average molecular weight is 1100 g/mol. The monoisotopic (exact) mass is 1100 g/mol. The molecule has 432 valence electrons. The summed E-state index contributed by atoms with van der Waals surface area (Å²) in [5.74, 6) is -2.44. The van der Waals surface area contributed by atoms with Crippen molar-refractivity contribution in [3.8, 4) is 0 Å². The lowest BCUT2D eigenvalue weighted by atomic mass is 9.93. The Labute approximate surface area is 425 Å². The molecule has 75 heavy (non-hydrogen) atoms. The number of amides is 3. The molecule has 8 fully saturated rings. The second-order valence-corrected chi connectivity index (χ2v) is 19.1. The van der Waals surface area contributed by atoms with Crippen LogP contribution in [-0.2, 0) is 71.2 Å². The van der Waals surface area contributed by atoms with E-state index in [2.05, 4.69) is 16.0 Å². The minimum absolute atomic E-state index is 0.788. The molecule has 0 unspecified atom stereocenters. The second kappa shape index (κ2) is 25.6. The molecule has 8 heterocycles. The van der Waals surface area contributed by atoms with Gasteiger partial charge in [0.25, 0.3) is 0 Å². The number of hydrogen-bond acceptors (Lipinski definition) is 30. The van der Waals surface area contributed by atoms with E-state index in [0.29, 0.717) is 0 Å². The van der Waals surface area contributed by atoms with Crippen molar-refractivity contribution in [2.24, 2.45) is 0 Å². The second-order valence-electron chi connectivity index (χ2n) is 19.1. The van der Waals surface area contributed by atoms with E-state index < -0.39 is 241 Å². The molecule has 33 heteroatoms. The number of aliphatic hydroxyl groups is 15. The topological polar surface area (TPSA) is 502 Å². The largest absolute Gasteiger partial charge is 0.394 e. The van der Waals surface area contributed by atoms with Crippen molar-refractivity contribution >= 4 is 17.7 Å². The summed E-state index contributed by atoms with van der Waals surface area (Å²) >= 11 is 0. The molecule has 3 amide bonds. The maximum absolute atomic E-state index is 13.0. The third-order valence-corrected chi connectivity index (χ3v) is 13.8.